The summed E-state index contributed by atoms with van der Waals surface area (Å²) in [6, 6.07) is 7.34. The van der Waals surface area contributed by atoms with Crippen LogP contribution in [0.2, 0.25) is 0 Å². The standard InChI is InChI=1S/C17H20N4O2/c1-12-7-13(9-18)11-21(12)17(22)14-3-2-4-15(8-14)23-16-10-19-5-6-20-16/h2-6,8,10,12-13H,7,9,11,18H2,1H3. The minimum absolute atomic E-state index is 0.0121. The smallest absolute Gasteiger partial charge is 0.254 e. The lowest BCUT2D eigenvalue weighted by Crippen LogP contribution is -2.34. The molecule has 2 aromatic rings. The summed E-state index contributed by atoms with van der Waals surface area (Å²) >= 11 is 0. The van der Waals surface area contributed by atoms with Crippen molar-refractivity contribution in [1.82, 2.24) is 14.9 Å². The van der Waals surface area contributed by atoms with Gasteiger partial charge in [0.15, 0.2) is 0 Å². The van der Waals surface area contributed by atoms with Crippen molar-refractivity contribution >= 4 is 5.91 Å². The van der Waals surface area contributed by atoms with Crippen LogP contribution in [0.5, 0.6) is 11.6 Å². The molecular weight excluding hydrogens is 292 g/mol. The number of likely N-dealkylation sites (tertiary alicyclic amines) is 1. The average Bonchev–Trinajstić information content (AvgIpc) is 2.96. The highest BCUT2D eigenvalue weighted by Gasteiger charge is 2.32. The second-order valence-corrected chi connectivity index (χ2v) is 5.82. The molecule has 1 amide bonds. The molecule has 1 aliphatic heterocycles. The summed E-state index contributed by atoms with van der Waals surface area (Å²) in [5, 5.41) is 0. The SMILES string of the molecule is CC1CC(CN)CN1C(=O)c1cccc(Oc2cnccn2)c1. The molecule has 0 saturated carbocycles. The first-order chi connectivity index (χ1) is 11.2. The van der Waals surface area contributed by atoms with E-state index in [0.717, 1.165) is 6.42 Å². The molecule has 0 aliphatic carbocycles. The number of hydrogen-bond acceptors (Lipinski definition) is 5. The Morgan fingerprint density at radius 1 is 1.43 bits per heavy atom. The van der Waals surface area contributed by atoms with Gasteiger partial charge in [0.1, 0.15) is 5.75 Å². The van der Waals surface area contributed by atoms with E-state index in [1.807, 2.05) is 4.90 Å². The number of carbonyl (C=O) groups excluding carboxylic acids is 1. The summed E-state index contributed by atoms with van der Waals surface area (Å²) in [5.41, 5.74) is 6.34. The van der Waals surface area contributed by atoms with Gasteiger partial charge in [0, 0.05) is 30.5 Å². The molecule has 1 saturated heterocycles. The Morgan fingerprint density at radius 2 is 2.30 bits per heavy atom. The Balaban J connectivity index is 1.76. The summed E-state index contributed by atoms with van der Waals surface area (Å²) in [6.45, 7) is 3.39. The first-order valence-corrected chi connectivity index (χ1v) is 7.72. The maximum absolute atomic E-state index is 12.7. The molecule has 0 bridgehead atoms. The fourth-order valence-corrected chi connectivity index (χ4v) is 2.91. The summed E-state index contributed by atoms with van der Waals surface area (Å²) < 4.78 is 5.64. The largest absolute Gasteiger partial charge is 0.437 e. The van der Waals surface area contributed by atoms with Gasteiger partial charge < -0.3 is 15.4 Å². The van der Waals surface area contributed by atoms with Crippen LogP contribution in [0, 0.1) is 5.92 Å². The van der Waals surface area contributed by atoms with Crippen LogP contribution in [0.4, 0.5) is 0 Å². The number of nitrogens with two attached hydrogens (primary N) is 1. The number of aromatic nitrogens is 2. The van der Waals surface area contributed by atoms with Gasteiger partial charge >= 0.3 is 0 Å². The van der Waals surface area contributed by atoms with Crippen molar-refractivity contribution in [2.75, 3.05) is 13.1 Å². The van der Waals surface area contributed by atoms with Crippen LogP contribution in [-0.4, -0.2) is 39.9 Å². The Kier molecular flexibility index (Phi) is 4.52. The molecule has 2 unspecified atom stereocenters. The van der Waals surface area contributed by atoms with E-state index in [1.54, 1.807) is 36.7 Å². The lowest BCUT2D eigenvalue weighted by Gasteiger charge is -2.21. The van der Waals surface area contributed by atoms with Crippen molar-refractivity contribution in [2.24, 2.45) is 11.7 Å². The Hall–Kier alpha value is -2.47. The van der Waals surface area contributed by atoms with E-state index in [4.69, 9.17) is 10.5 Å². The second-order valence-electron chi connectivity index (χ2n) is 5.82. The van der Waals surface area contributed by atoms with E-state index in [2.05, 4.69) is 16.9 Å². The molecule has 2 N–H and O–H groups in total. The van der Waals surface area contributed by atoms with Gasteiger partial charge in [0.2, 0.25) is 5.88 Å². The number of rotatable bonds is 4. The molecule has 0 spiro atoms. The molecule has 2 atom stereocenters. The third-order valence-corrected chi connectivity index (χ3v) is 4.10. The first kappa shape index (κ1) is 15.4. The highest BCUT2D eigenvalue weighted by atomic mass is 16.5. The van der Waals surface area contributed by atoms with Gasteiger partial charge in [-0.15, -0.1) is 0 Å². The number of benzene rings is 1. The first-order valence-electron chi connectivity index (χ1n) is 7.72. The fourth-order valence-electron chi connectivity index (χ4n) is 2.91. The van der Waals surface area contributed by atoms with E-state index >= 15 is 0 Å². The highest BCUT2D eigenvalue weighted by Crippen LogP contribution is 2.26. The predicted octanol–water partition coefficient (Wildman–Crippen LogP) is 2.08. The number of ether oxygens (including phenoxy) is 1. The third kappa shape index (κ3) is 3.48. The molecule has 6 heteroatoms. The van der Waals surface area contributed by atoms with Crippen molar-refractivity contribution in [2.45, 2.75) is 19.4 Å². The van der Waals surface area contributed by atoms with Crippen LogP contribution < -0.4 is 10.5 Å². The number of nitrogens with zero attached hydrogens (tertiary/aromatic N) is 3. The number of hydrogen-bond donors (Lipinski definition) is 1. The normalized spacial score (nSPS) is 20.5. The maximum Gasteiger partial charge on any atom is 0.254 e. The van der Waals surface area contributed by atoms with Crippen LogP contribution in [0.25, 0.3) is 0 Å². The second kappa shape index (κ2) is 6.75. The van der Waals surface area contributed by atoms with E-state index in [0.29, 0.717) is 36.2 Å². The summed E-state index contributed by atoms with van der Waals surface area (Å²) in [5.74, 6) is 1.36. The minimum atomic E-state index is 0.0121. The summed E-state index contributed by atoms with van der Waals surface area (Å²) in [4.78, 5) is 22.6. The van der Waals surface area contributed by atoms with Gasteiger partial charge in [0.25, 0.3) is 5.91 Å². The Labute approximate surface area is 135 Å². The van der Waals surface area contributed by atoms with Crippen LogP contribution >= 0.6 is 0 Å². The molecule has 1 aromatic heterocycles. The quantitative estimate of drug-likeness (QED) is 0.934. The van der Waals surface area contributed by atoms with E-state index in [-0.39, 0.29) is 11.9 Å². The monoisotopic (exact) mass is 312 g/mol. The van der Waals surface area contributed by atoms with Crippen molar-refractivity contribution in [3.8, 4) is 11.6 Å². The molecule has 3 rings (SSSR count). The van der Waals surface area contributed by atoms with Gasteiger partial charge in [0.05, 0.1) is 6.20 Å². The topological polar surface area (TPSA) is 81.3 Å². The molecular formula is C17H20N4O2. The minimum Gasteiger partial charge on any atom is -0.437 e. The van der Waals surface area contributed by atoms with E-state index in [9.17, 15) is 4.79 Å². The number of carbonyl (C=O) groups is 1. The van der Waals surface area contributed by atoms with Crippen LogP contribution in [0.1, 0.15) is 23.7 Å². The molecule has 1 aliphatic rings. The fraction of sp³-hybridized carbons (Fsp3) is 0.353. The highest BCUT2D eigenvalue weighted by molar-refractivity contribution is 5.95. The van der Waals surface area contributed by atoms with Gasteiger partial charge in [-0.1, -0.05) is 6.07 Å². The zero-order valence-electron chi connectivity index (χ0n) is 13.1. The molecule has 2 heterocycles. The summed E-state index contributed by atoms with van der Waals surface area (Å²) in [7, 11) is 0. The Morgan fingerprint density at radius 3 is 3.00 bits per heavy atom. The average molecular weight is 312 g/mol. The lowest BCUT2D eigenvalue weighted by molar-refractivity contribution is 0.0743. The van der Waals surface area contributed by atoms with Gasteiger partial charge in [-0.25, -0.2) is 4.98 Å². The van der Waals surface area contributed by atoms with Crippen molar-refractivity contribution < 1.29 is 9.53 Å². The molecule has 0 radical (unpaired) electrons. The van der Waals surface area contributed by atoms with Crippen LogP contribution in [-0.2, 0) is 0 Å². The molecule has 1 fully saturated rings. The van der Waals surface area contributed by atoms with E-state index < -0.39 is 0 Å². The van der Waals surface area contributed by atoms with Crippen molar-refractivity contribution in [3.05, 3.63) is 48.4 Å². The predicted molar refractivity (Wildman–Crippen MR) is 86.2 cm³/mol. The molecule has 1 aromatic carbocycles. The zero-order valence-corrected chi connectivity index (χ0v) is 13.1. The molecule has 23 heavy (non-hydrogen) atoms. The van der Waals surface area contributed by atoms with Gasteiger partial charge in [-0.2, -0.15) is 0 Å². The molecule has 6 nitrogen and oxygen atoms in total. The number of amides is 1. The lowest BCUT2D eigenvalue weighted by atomic mass is 10.1. The van der Waals surface area contributed by atoms with Gasteiger partial charge in [-0.05, 0) is 44.0 Å². The Bertz CT molecular complexity index is 677. The maximum atomic E-state index is 12.7. The van der Waals surface area contributed by atoms with E-state index in [1.165, 1.54) is 6.20 Å². The zero-order chi connectivity index (χ0) is 16.2. The van der Waals surface area contributed by atoms with Crippen molar-refractivity contribution in [1.29, 1.82) is 0 Å². The van der Waals surface area contributed by atoms with Crippen LogP contribution in [0.15, 0.2) is 42.9 Å². The third-order valence-electron chi connectivity index (χ3n) is 4.10. The summed E-state index contributed by atoms with van der Waals surface area (Å²) in [6.07, 6.45) is 5.62. The van der Waals surface area contributed by atoms with Crippen LogP contribution in [0.3, 0.4) is 0 Å². The van der Waals surface area contributed by atoms with Gasteiger partial charge in [-0.3, -0.25) is 9.78 Å². The molecule has 120 valence electrons. The van der Waals surface area contributed by atoms with Crippen molar-refractivity contribution in [3.63, 3.8) is 0 Å².